The highest BCUT2D eigenvalue weighted by Gasteiger charge is 2.06. The van der Waals surface area contributed by atoms with Gasteiger partial charge >= 0.3 is 0 Å². The molecule has 0 spiro atoms. The van der Waals surface area contributed by atoms with Crippen LogP contribution in [0, 0.1) is 0 Å². The topological polar surface area (TPSA) is 80.9 Å². The Morgan fingerprint density at radius 1 is 1.22 bits per heavy atom. The monoisotopic (exact) mass is 242 g/mol. The molecule has 0 unspecified atom stereocenters. The van der Waals surface area contributed by atoms with Crippen molar-refractivity contribution in [1.82, 2.24) is 15.3 Å². The maximum Gasteiger partial charge on any atom is 0.269 e. The van der Waals surface area contributed by atoms with E-state index < -0.39 is 0 Å². The molecule has 2 aromatic heterocycles. The lowest BCUT2D eigenvalue weighted by Gasteiger charge is -2.04. The second kappa shape index (κ2) is 5.77. The van der Waals surface area contributed by atoms with Gasteiger partial charge in [0.15, 0.2) is 0 Å². The molecule has 0 aliphatic carbocycles. The van der Waals surface area contributed by atoms with Crippen LogP contribution >= 0.6 is 0 Å². The molecule has 2 rings (SSSR count). The number of rotatable bonds is 4. The number of carbonyl (C=O) groups excluding carboxylic acids is 1. The first-order valence-corrected chi connectivity index (χ1v) is 5.65. The summed E-state index contributed by atoms with van der Waals surface area (Å²) >= 11 is 0. The van der Waals surface area contributed by atoms with Crippen LogP contribution in [0.1, 0.15) is 16.2 Å². The number of carbonyl (C=O) groups is 1. The van der Waals surface area contributed by atoms with Crippen LogP contribution in [0.2, 0.25) is 0 Å². The molecule has 3 N–H and O–H groups in total. The molecule has 1 amide bonds. The highest BCUT2D eigenvalue weighted by Crippen LogP contribution is 2.02. The van der Waals surface area contributed by atoms with Crippen molar-refractivity contribution in [3.63, 3.8) is 0 Å². The van der Waals surface area contributed by atoms with Crippen LogP contribution in [0.4, 0.5) is 5.69 Å². The molecule has 5 nitrogen and oxygen atoms in total. The molecule has 0 aliphatic rings. The Balaban J connectivity index is 1.86. The van der Waals surface area contributed by atoms with Crippen molar-refractivity contribution in [1.29, 1.82) is 0 Å². The molecule has 0 aromatic carbocycles. The number of amides is 1. The molecular weight excluding hydrogens is 228 g/mol. The Morgan fingerprint density at radius 3 is 2.83 bits per heavy atom. The Labute approximate surface area is 105 Å². The summed E-state index contributed by atoms with van der Waals surface area (Å²) in [6, 6.07) is 8.90. The van der Waals surface area contributed by atoms with Crippen molar-refractivity contribution in [2.45, 2.75) is 6.42 Å². The fraction of sp³-hybridized carbons (Fsp3) is 0.154. The van der Waals surface area contributed by atoms with Crippen molar-refractivity contribution in [3.8, 4) is 0 Å². The number of hydrogen-bond acceptors (Lipinski definition) is 4. The number of hydrogen-bond donors (Lipinski definition) is 2. The molecule has 92 valence electrons. The number of nitrogens with zero attached hydrogens (tertiary/aromatic N) is 2. The molecule has 0 atom stereocenters. The minimum Gasteiger partial charge on any atom is -0.399 e. The van der Waals surface area contributed by atoms with Gasteiger partial charge in [-0.3, -0.25) is 14.8 Å². The Morgan fingerprint density at radius 2 is 2.11 bits per heavy atom. The average Bonchev–Trinajstić information content (AvgIpc) is 2.40. The molecular formula is C13H14N4O. The van der Waals surface area contributed by atoms with Crippen molar-refractivity contribution in [2.24, 2.45) is 0 Å². The van der Waals surface area contributed by atoms with Gasteiger partial charge in [0.05, 0.1) is 0 Å². The van der Waals surface area contributed by atoms with Gasteiger partial charge in [-0.05, 0) is 24.3 Å². The molecule has 0 aliphatic heterocycles. The second-order valence-electron chi connectivity index (χ2n) is 3.80. The summed E-state index contributed by atoms with van der Waals surface area (Å²) < 4.78 is 0. The maximum atomic E-state index is 11.7. The molecule has 2 heterocycles. The molecule has 0 saturated heterocycles. The quantitative estimate of drug-likeness (QED) is 0.839. The van der Waals surface area contributed by atoms with Gasteiger partial charge in [-0.1, -0.05) is 6.07 Å². The summed E-state index contributed by atoms with van der Waals surface area (Å²) in [5.74, 6) is -0.224. The number of nitrogens with two attached hydrogens (primary N) is 1. The standard InChI is InChI=1S/C13H14N4O/c14-10-4-7-16-12(9-10)13(18)17-8-5-11-3-1-2-6-15-11/h1-4,6-7,9H,5,8H2,(H2,14,16)(H,17,18). The van der Waals surface area contributed by atoms with Crippen LogP contribution in [-0.2, 0) is 6.42 Å². The SMILES string of the molecule is Nc1ccnc(C(=O)NCCc2ccccn2)c1. The van der Waals surface area contributed by atoms with Crippen LogP contribution < -0.4 is 11.1 Å². The Kier molecular flexibility index (Phi) is 3.86. The first-order valence-electron chi connectivity index (χ1n) is 5.65. The van der Waals surface area contributed by atoms with E-state index in [0.717, 1.165) is 5.69 Å². The fourth-order valence-corrected chi connectivity index (χ4v) is 1.51. The lowest BCUT2D eigenvalue weighted by Crippen LogP contribution is -2.26. The summed E-state index contributed by atoms with van der Waals surface area (Å²) in [6.45, 7) is 0.520. The van der Waals surface area contributed by atoms with Gasteiger partial charge in [-0.15, -0.1) is 0 Å². The summed E-state index contributed by atoms with van der Waals surface area (Å²) in [4.78, 5) is 19.9. The number of nitrogen functional groups attached to an aromatic ring is 1. The van der Waals surface area contributed by atoms with E-state index >= 15 is 0 Å². The van der Waals surface area contributed by atoms with E-state index in [0.29, 0.717) is 24.3 Å². The van der Waals surface area contributed by atoms with Crippen LogP contribution in [0.5, 0.6) is 0 Å². The van der Waals surface area contributed by atoms with Crippen LogP contribution in [-0.4, -0.2) is 22.4 Å². The normalized spacial score (nSPS) is 10.0. The van der Waals surface area contributed by atoms with Crippen molar-refractivity contribution in [3.05, 3.63) is 54.1 Å². The second-order valence-corrected chi connectivity index (χ2v) is 3.80. The molecule has 0 fully saturated rings. The lowest BCUT2D eigenvalue weighted by atomic mass is 10.2. The predicted molar refractivity (Wildman–Crippen MR) is 68.9 cm³/mol. The minimum atomic E-state index is -0.224. The number of aromatic nitrogens is 2. The largest absolute Gasteiger partial charge is 0.399 e. The highest BCUT2D eigenvalue weighted by molar-refractivity contribution is 5.92. The van der Waals surface area contributed by atoms with Crippen LogP contribution in [0.25, 0.3) is 0 Å². The van der Waals surface area contributed by atoms with E-state index in [1.54, 1.807) is 18.3 Å². The van der Waals surface area contributed by atoms with E-state index in [1.807, 2.05) is 18.2 Å². The van der Waals surface area contributed by atoms with E-state index in [4.69, 9.17) is 5.73 Å². The third-order valence-electron chi connectivity index (χ3n) is 2.41. The van der Waals surface area contributed by atoms with Crippen molar-refractivity contribution in [2.75, 3.05) is 12.3 Å². The molecule has 5 heteroatoms. The van der Waals surface area contributed by atoms with Gasteiger partial charge in [-0.2, -0.15) is 0 Å². The minimum absolute atomic E-state index is 0.224. The van der Waals surface area contributed by atoms with E-state index in [1.165, 1.54) is 6.20 Å². The van der Waals surface area contributed by atoms with Crippen LogP contribution in [0.3, 0.4) is 0 Å². The van der Waals surface area contributed by atoms with Gasteiger partial charge in [0, 0.05) is 36.7 Å². The van der Waals surface area contributed by atoms with Crippen LogP contribution in [0.15, 0.2) is 42.7 Å². The summed E-state index contributed by atoms with van der Waals surface area (Å²) in [5, 5.41) is 2.78. The number of pyridine rings is 2. The number of anilines is 1. The third-order valence-corrected chi connectivity index (χ3v) is 2.41. The predicted octanol–water partition coefficient (Wildman–Crippen LogP) is 1.03. The molecule has 0 bridgehead atoms. The molecule has 18 heavy (non-hydrogen) atoms. The average molecular weight is 242 g/mol. The molecule has 0 saturated carbocycles. The van der Waals surface area contributed by atoms with Gasteiger partial charge in [0.1, 0.15) is 5.69 Å². The summed E-state index contributed by atoms with van der Waals surface area (Å²) in [6.07, 6.45) is 3.94. The first kappa shape index (κ1) is 12.0. The van der Waals surface area contributed by atoms with E-state index in [2.05, 4.69) is 15.3 Å². The zero-order chi connectivity index (χ0) is 12.8. The zero-order valence-corrected chi connectivity index (χ0v) is 9.84. The third kappa shape index (κ3) is 3.28. The van der Waals surface area contributed by atoms with Crippen molar-refractivity contribution >= 4 is 11.6 Å². The number of nitrogens with one attached hydrogen (secondary N) is 1. The zero-order valence-electron chi connectivity index (χ0n) is 9.84. The highest BCUT2D eigenvalue weighted by atomic mass is 16.1. The van der Waals surface area contributed by atoms with Gasteiger partial charge < -0.3 is 11.1 Å². The van der Waals surface area contributed by atoms with Gasteiger partial charge in [-0.25, -0.2) is 0 Å². The fourth-order valence-electron chi connectivity index (χ4n) is 1.51. The van der Waals surface area contributed by atoms with Crippen molar-refractivity contribution < 1.29 is 4.79 Å². The van der Waals surface area contributed by atoms with E-state index in [-0.39, 0.29) is 5.91 Å². The van der Waals surface area contributed by atoms with E-state index in [9.17, 15) is 4.79 Å². The van der Waals surface area contributed by atoms with Gasteiger partial charge in [0.25, 0.3) is 5.91 Å². The first-order chi connectivity index (χ1) is 8.75. The molecule has 0 radical (unpaired) electrons. The summed E-state index contributed by atoms with van der Waals surface area (Å²) in [7, 11) is 0. The molecule has 2 aromatic rings. The summed E-state index contributed by atoms with van der Waals surface area (Å²) in [5.41, 5.74) is 7.39. The lowest BCUT2D eigenvalue weighted by molar-refractivity contribution is 0.0949. The smallest absolute Gasteiger partial charge is 0.269 e. The van der Waals surface area contributed by atoms with Gasteiger partial charge in [0.2, 0.25) is 0 Å². The Bertz CT molecular complexity index is 528. The Hall–Kier alpha value is -2.43. The maximum absolute atomic E-state index is 11.7.